The number of rotatable bonds is 3. The van der Waals surface area contributed by atoms with Gasteiger partial charge in [0.25, 0.3) is 11.5 Å². The highest BCUT2D eigenvalue weighted by Gasteiger charge is 2.22. The fourth-order valence-electron chi connectivity index (χ4n) is 2.74. The van der Waals surface area contributed by atoms with Crippen LogP contribution in [0.5, 0.6) is 0 Å². The van der Waals surface area contributed by atoms with Crippen LogP contribution in [0.2, 0.25) is 5.02 Å². The van der Waals surface area contributed by atoms with Crippen LogP contribution in [0.3, 0.4) is 0 Å². The second-order valence-electron chi connectivity index (χ2n) is 6.20. The lowest BCUT2D eigenvalue weighted by molar-refractivity contribution is 0.0987. The van der Waals surface area contributed by atoms with Crippen LogP contribution in [0.4, 0.5) is 5.69 Å². The number of anilines is 1. The summed E-state index contributed by atoms with van der Waals surface area (Å²) >= 11 is 9.64. The van der Waals surface area contributed by atoms with E-state index in [2.05, 4.69) is 21.0 Å². The van der Waals surface area contributed by atoms with Gasteiger partial charge in [0, 0.05) is 16.9 Å². The van der Waals surface area contributed by atoms with E-state index < -0.39 is 0 Å². The number of halogens is 2. The van der Waals surface area contributed by atoms with Gasteiger partial charge >= 0.3 is 0 Å². The third kappa shape index (κ3) is 3.27. The second-order valence-corrected chi connectivity index (χ2v) is 7.52. The molecule has 26 heavy (non-hydrogen) atoms. The van der Waals surface area contributed by atoms with E-state index in [1.807, 2.05) is 19.9 Å². The summed E-state index contributed by atoms with van der Waals surface area (Å²) in [6.07, 6.45) is 0. The summed E-state index contributed by atoms with van der Waals surface area (Å²) in [6.45, 7) is 3.71. The zero-order valence-corrected chi connectivity index (χ0v) is 16.9. The molecule has 1 heterocycles. The van der Waals surface area contributed by atoms with Gasteiger partial charge in [-0.25, -0.2) is 4.68 Å². The number of benzene rings is 2. The monoisotopic (exact) mass is 433 g/mol. The summed E-state index contributed by atoms with van der Waals surface area (Å²) in [4.78, 5) is 27.2. The van der Waals surface area contributed by atoms with Crippen LogP contribution in [0.15, 0.2) is 51.7 Å². The summed E-state index contributed by atoms with van der Waals surface area (Å²) < 4.78 is 2.16. The molecule has 134 valence electrons. The van der Waals surface area contributed by atoms with Crippen LogP contribution in [-0.2, 0) is 0 Å². The molecule has 0 aliphatic carbocycles. The molecule has 1 aromatic heterocycles. The van der Waals surface area contributed by atoms with Crippen molar-refractivity contribution in [3.8, 4) is 0 Å². The average molecular weight is 435 g/mol. The Balaban J connectivity index is 2.19. The van der Waals surface area contributed by atoms with Gasteiger partial charge in [-0.15, -0.1) is 0 Å². The minimum Gasteiger partial charge on any atom is -0.309 e. The third-order valence-corrected chi connectivity index (χ3v) is 4.89. The van der Waals surface area contributed by atoms with Crippen molar-refractivity contribution in [2.24, 2.45) is 0 Å². The number of carbonyl (C=O) groups excluding carboxylic acids is 1. The van der Waals surface area contributed by atoms with Crippen LogP contribution in [-0.4, -0.2) is 22.7 Å². The summed E-state index contributed by atoms with van der Waals surface area (Å²) in [7, 11) is 1.64. The molecule has 0 bridgehead atoms. The van der Waals surface area contributed by atoms with Gasteiger partial charge in [0.1, 0.15) is 0 Å². The molecule has 0 unspecified atom stereocenters. The first-order valence-electron chi connectivity index (χ1n) is 8.06. The third-order valence-electron chi connectivity index (χ3n) is 4.10. The Kier molecular flexibility index (Phi) is 5.16. The molecule has 0 radical (unpaired) electrons. The second kappa shape index (κ2) is 7.21. The fraction of sp³-hybridized carbons (Fsp3) is 0.211. The maximum absolute atomic E-state index is 13.2. The van der Waals surface area contributed by atoms with Gasteiger partial charge < -0.3 is 4.90 Å². The van der Waals surface area contributed by atoms with Crippen molar-refractivity contribution in [2.45, 2.75) is 19.9 Å². The molecule has 3 rings (SSSR count). The van der Waals surface area contributed by atoms with Crippen LogP contribution >= 0.6 is 27.5 Å². The number of fused-ring (bicyclic) bond motifs is 1. The smallest absolute Gasteiger partial charge is 0.279 e. The molecule has 7 heteroatoms. The van der Waals surface area contributed by atoms with Gasteiger partial charge in [0.2, 0.25) is 0 Å². The topological polar surface area (TPSA) is 55.2 Å². The van der Waals surface area contributed by atoms with Gasteiger partial charge in [-0.3, -0.25) is 9.59 Å². The molecule has 0 N–H and O–H groups in total. The Morgan fingerprint density at radius 1 is 1.19 bits per heavy atom. The van der Waals surface area contributed by atoms with E-state index in [4.69, 9.17) is 11.6 Å². The number of hydrogen-bond acceptors (Lipinski definition) is 3. The summed E-state index contributed by atoms with van der Waals surface area (Å²) in [5.74, 6) is -0.333. The number of amides is 1. The van der Waals surface area contributed by atoms with E-state index in [0.29, 0.717) is 21.5 Å². The van der Waals surface area contributed by atoms with Crippen molar-refractivity contribution in [1.82, 2.24) is 9.78 Å². The largest absolute Gasteiger partial charge is 0.309 e. The Hall–Kier alpha value is -2.18. The molecular formula is C19H17BrClN3O2. The van der Waals surface area contributed by atoms with E-state index in [9.17, 15) is 9.59 Å². The summed E-state index contributed by atoms with van der Waals surface area (Å²) in [5, 5.41) is 5.79. The molecule has 0 saturated carbocycles. The first kappa shape index (κ1) is 18.6. The predicted molar refractivity (Wildman–Crippen MR) is 108 cm³/mol. The molecule has 0 atom stereocenters. The van der Waals surface area contributed by atoms with Crippen molar-refractivity contribution in [2.75, 3.05) is 11.9 Å². The minimum atomic E-state index is -0.333. The molecule has 0 aliphatic heterocycles. The number of hydrogen-bond donors (Lipinski definition) is 0. The van der Waals surface area contributed by atoms with Gasteiger partial charge in [0.15, 0.2) is 5.69 Å². The van der Waals surface area contributed by atoms with Crippen LogP contribution < -0.4 is 10.5 Å². The van der Waals surface area contributed by atoms with E-state index in [1.165, 1.54) is 9.58 Å². The lowest BCUT2D eigenvalue weighted by Crippen LogP contribution is -2.32. The van der Waals surface area contributed by atoms with Gasteiger partial charge in [-0.1, -0.05) is 45.7 Å². The molecule has 5 nitrogen and oxygen atoms in total. The van der Waals surface area contributed by atoms with Crippen molar-refractivity contribution in [3.63, 3.8) is 0 Å². The lowest BCUT2D eigenvalue weighted by atomic mass is 10.1. The summed E-state index contributed by atoms with van der Waals surface area (Å²) in [6, 6.07) is 12.1. The molecule has 0 spiro atoms. The van der Waals surface area contributed by atoms with Gasteiger partial charge in [-0.05, 0) is 38.1 Å². The Morgan fingerprint density at radius 3 is 2.46 bits per heavy atom. The van der Waals surface area contributed by atoms with E-state index >= 15 is 0 Å². The predicted octanol–water partition coefficient (Wildman–Crippen LogP) is 4.67. The van der Waals surface area contributed by atoms with Crippen molar-refractivity contribution in [3.05, 3.63) is 68.0 Å². The number of aromatic nitrogens is 2. The van der Waals surface area contributed by atoms with Crippen molar-refractivity contribution >= 4 is 49.9 Å². The molecule has 0 aliphatic rings. The van der Waals surface area contributed by atoms with E-state index in [0.717, 1.165) is 4.47 Å². The Labute approximate surface area is 164 Å². The highest BCUT2D eigenvalue weighted by atomic mass is 79.9. The van der Waals surface area contributed by atoms with Gasteiger partial charge in [0.05, 0.1) is 22.1 Å². The first-order valence-corrected chi connectivity index (χ1v) is 9.23. The molecule has 3 aromatic rings. The molecular weight excluding hydrogens is 418 g/mol. The highest BCUT2D eigenvalue weighted by Crippen LogP contribution is 2.29. The summed E-state index contributed by atoms with van der Waals surface area (Å²) in [5.41, 5.74) is 0.569. The minimum absolute atomic E-state index is 0.166. The van der Waals surface area contributed by atoms with E-state index in [-0.39, 0.29) is 23.2 Å². The molecule has 2 aromatic carbocycles. The lowest BCUT2D eigenvalue weighted by Gasteiger charge is -2.20. The average Bonchev–Trinajstić information content (AvgIpc) is 2.61. The van der Waals surface area contributed by atoms with Crippen LogP contribution in [0.25, 0.3) is 10.8 Å². The van der Waals surface area contributed by atoms with Crippen molar-refractivity contribution < 1.29 is 4.79 Å². The quantitative estimate of drug-likeness (QED) is 0.602. The van der Waals surface area contributed by atoms with Crippen molar-refractivity contribution in [1.29, 1.82) is 0 Å². The maximum Gasteiger partial charge on any atom is 0.279 e. The number of carbonyl (C=O) groups is 1. The molecule has 0 fully saturated rings. The fourth-order valence-corrected chi connectivity index (χ4v) is 3.54. The normalized spacial score (nSPS) is 11.2. The zero-order valence-electron chi connectivity index (χ0n) is 14.5. The SMILES string of the molecule is CC(C)n1nc(C(=O)N(C)c2ccc(Br)cc2Cl)c2ccccc2c1=O. The maximum atomic E-state index is 13.2. The molecule has 1 amide bonds. The molecule has 0 saturated heterocycles. The zero-order chi connectivity index (χ0) is 19.0. The highest BCUT2D eigenvalue weighted by molar-refractivity contribution is 9.10. The first-order chi connectivity index (χ1) is 12.3. The van der Waals surface area contributed by atoms with Gasteiger partial charge in [-0.2, -0.15) is 5.10 Å². The van der Waals surface area contributed by atoms with E-state index in [1.54, 1.807) is 43.4 Å². The van der Waals surface area contributed by atoms with Crippen LogP contribution in [0, 0.1) is 0 Å². The Bertz CT molecular complexity index is 1060. The number of nitrogens with zero attached hydrogens (tertiary/aromatic N) is 3. The Morgan fingerprint density at radius 2 is 1.85 bits per heavy atom. The standard InChI is InChI=1S/C19H17BrClN3O2/c1-11(2)24-18(25)14-7-5-4-6-13(14)17(22-24)19(26)23(3)16-9-8-12(20)10-15(16)21/h4-11H,1-3H3. The van der Waals surface area contributed by atoms with Crippen LogP contribution in [0.1, 0.15) is 30.4 Å².